The van der Waals surface area contributed by atoms with Crippen molar-refractivity contribution < 1.29 is 4.74 Å². The number of halogens is 1. The van der Waals surface area contributed by atoms with E-state index < -0.39 is 0 Å². The zero-order valence-electron chi connectivity index (χ0n) is 11.2. The highest BCUT2D eigenvalue weighted by molar-refractivity contribution is 14.1. The zero-order valence-corrected chi connectivity index (χ0v) is 13.3. The normalized spacial score (nSPS) is 10.6. The van der Waals surface area contributed by atoms with Gasteiger partial charge in [0, 0.05) is 6.04 Å². The van der Waals surface area contributed by atoms with Crippen molar-refractivity contribution in [2.75, 3.05) is 5.73 Å². The van der Waals surface area contributed by atoms with Crippen LogP contribution in [0.25, 0.3) is 0 Å². The summed E-state index contributed by atoms with van der Waals surface area (Å²) in [5.41, 5.74) is 6.88. The van der Waals surface area contributed by atoms with Gasteiger partial charge in [-0.2, -0.15) is 10.4 Å². The molecular weight excluding hydrogens is 369 g/mol. The Morgan fingerprint density at radius 2 is 2.25 bits per heavy atom. The fourth-order valence-electron chi connectivity index (χ4n) is 1.78. The average molecular weight is 383 g/mol. The smallest absolute Gasteiger partial charge is 0.165 e. The molecule has 0 spiro atoms. The lowest BCUT2D eigenvalue weighted by atomic mass is 10.2. The van der Waals surface area contributed by atoms with Gasteiger partial charge in [-0.05, 0) is 48.6 Å². The van der Waals surface area contributed by atoms with Crippen LogP contribution in [0.4, 0.5) is 5.69 Å². The average Bonchev–Trinajstić information content (AvgIpc) is 2.86. The largest absolute Gasteiger partial charge is 0.482 e. The van der Waals surface area contributed by atoms with Gasteiger partial charge in [-0.15, -0.1) is 0 Å². The molecule has 0 atom stereocenters. The van der Waals surface area contributed by atoms with Crippen LogP contribution < -0.4 is 10.5 Å². The highest BCUT2D eigenvalue weighted by atomic mass is 127. The zero-order chi connectivity index (χ0) is 14.7. The van der Waals surface area contributed by atoms with Crippen molar-refractivity contribution >= 4 is 28.3 Å². The molecule has 0 aliphatic carbocycles. The van der Waals surface area contributed by atoms with Gasteiger partial charge in [0.1, 0.15) is 12.9 Å². The minimum atomic E-state index is 0.216. The number of anilines is 1. The van der Waals surface area contributed by atoms with Gasteiger partial charge in [0.15, 0.2) is 11.6 Å². The molecule has 0 amide bonds. The van der Waals surface area contributed by atoms with Crippen LogP contribution in [-0.4, -0.2) is 14.8 Å². The summed E-state index contributed by atoms with van der Waals surface area (Å²) in [7, 11) is 0. The number of hydrogen-bond acceptors (Lipinski definition) is 5. The molecule has 0 bridgehead atoms. The van der Waals surface area contributed by atoms with E-state index in [0.29, 0.717) is 17.0 Å². The lowest BCUT2D eigenvalue weighted by molar-refractivity contribution is 0.282. The molecule has 20 heavy (non-hydrogen) atoms. The molecular formula is C13H14IN5O. The summed E-state index contributed by atoms with van der Waals surface area (Å²) in [5, 5.41) is 13.0. The van der Waals surface area contributed by atoms with Crippen LogP contribution in [-0.2, 0) is 6.61 Å². The molecule has 2 aromatic rings. The first kappa shape index (κ1) is 14.6. The van der Waals surface area contributed by atoms with Crippen molar-refractivity contribution in [3.8, 4) is 11.8 Å². The molecule has 0 radical (unpaired) electrons. The van der Waals surface area contributed by atoms with E-state index in [4.69, 9.17) is 15.7 Å². The van der Waals surface area contributed by atoms with Crippen molar-refractivity contribution in [1.82, 2.24) is 14.8 Å². The van der Waals surface area contributed by atoms with Crippen LogP contribution in [0.15, 0.2) is 18.5 Å². The topological polar surface area (TPSA) is 89.8 Å². The summed E-state index contributed by atoms with van der Waals surface area (Å²) >= 11 is 2.10. The molecule has 0 unspecified atom stereocenters. The number of nitriles is 1. The minimum absolute atomic E-state index is 0.216. The number of nitrogen functional groups attached to an aromatic ring is 1. The Hall–Kier alpha value is -1.82. The van der Waals surface area contributed by atoms with Crippen molar-refractivity contribution in [2.24, 2.45) is 0 Å². The molecule has 0 aliphatic rings. The maximum atomic E-state index is 8.88. The van der Waals surface area contributed by atoms with Crippen molar-refractivity contribution in [1.29, 1.82) is 5.26 Å². The number of nitrogens with two attached hydrogens (primary N) is 1. The lowest BCUT2D eigenvalue weighted by Crippen LogP contribution is -2.11. The highest BCUT2D eigenvalue weighted by Gasteiger charge is 2.12. The van der Waals surface area contributed by atoms with E-state index in [-0.39, 0.29) is 12.6 Å². The fraction of sp³-hybridized carbons (Fsp3) is 0.308. The molecule has 2 N–H and O–H groups in total. The van der Waals surface area contributed by atoms with Crippen LogP contribution in [0.1, 0.15) is 31.3 Å². The van der Waals surface area contributed by atoms with E-state index in [9.17, 15) is 0 Å². The third-order valence-electron chi connectivity index (χ3n) is 2.68. The van der Waals surface area contributed by atoms with Gasteiger partial charge < -0.3 is 10.5 Å². The molecule has 1 heterocycles. The Labute approximate surface area is 130 Å². The molecule has 1 aromatic heterocycles. The van der Waals surface area contributed by atoms with Gasteiger partial charge in [-0.3, -0.25) is 0 Å². The van der Waals surface area contributed by atoms with Gasteiger partial charge in [-0.25, -0.2) is 9.67 Å². The minimum Gasteiger partial charge on any atom is -0.482 e. The van der Waals surface area contributed by atoms with Gasteiger partial charge in [-0.1, -0.05) is 0 Å². The second-order valence-corrected chi connectivity index (χ2v) is 5.65. The number of benzene rings is 1. The van der Waals surface area contributed by atoms with E-state index in [1.54, 1.807) is 16.8 Å². The van der Waals surface area contributed by atoms with Gasteiger partial charge in [0.25, 0.3) is 0 Å². The number of hydrogen-bond donors (Lipinski definition) is 1. The van der Waals surface area contributed by atoms with E-state index in [1.165, 1.54) is 6.33 Å². The number of rotatable bonds is 4. The molecule has 2 rings (SSSR count). The highest BCUT2D eigenvalue weighted by Crippen LogP contribution is 2.30. The molecule has 1 aromatic carbocycles. The standard InChI is InChI=1S/C13H14IN5O/c1-8(2)19-12(17-7-18-19)6-20-13-10(14)3-9(5-15)4-11(13)16/h3-4,7-8H,6,16H2,1-2H3. The number of nitrogens with zero attached hydrogens (tertiary/aromatic N) is 4. The quantitative estimate of drug-likeness (QED) is 0.647. The third kappa shape index (κ3) is 3.01. The van der Waals surface area contributed by atoms with Crippen LogP contribution in [0.3, 0.4) is 0 Å². The maximum absolute atomic E-state index is 8.88. The predicted molar refractivity (Wildman–Crippen MR) is 83.0 cm³/mol. The first-order valence-electron chi connectivity index (χ1n) is 6.03. The summed E-state index contributed by atoms with van der Waals surface area (Å²) in [6.45, 7) is 4.33. The van der Waals surface area contributed by atoms with Gasteiger partial charge in [0.2, 0.25) is 0 Å². The van der Waals surface area contributed by atoms with Crippen LogP contribution in [0.2, 0.25) is 0 Å². The maximum Gasteiger partial charge on any atom is 0.165 e. The summed E-state index contributed by atoms with van der Waals surface area (Å²) in [6.07, 6.45) is 1.51. The second-order valence-electron chi connectivity index (χ2n) is 4.49. The Kier molecular flexibility index (Phi) is 4.44. The summed E-state index contributed by atoms with van der Waals surface area (Å²) in [6, 6.07) is 5.62. The lowest BCUT2D eigenvalue weighted by Gasteiger charge is -2.13. The van der Waals surface area contributed by atoms with Crippen molar-refractivity contribution in [3.05, 3.63) is 33.4 Å². The van der Waals surface area contributed by atoms with E-state index >= 15 is 0 Å². The van der Waals surface area contributed by atoms with Crippen LogP contribution in [0.5, 0.6) is 5.75 Å². The van der Waals surface area contributed by atoms with Crippen LogP contribution in [0, 0.1) is 14.9 Å². The molecule has 0 aliphatic heterocycles. The number of ether oxygens (including phenoxy) is 1. The Bertz CT molecular complexity index is 636. The van der Waals surface area contributed by atoms with Crippen LogP contribution >= 0.6 is 22.6 Å². The van der Waals surface area contributed by atoms with E-state index in [1.807, 2.05) is 13.8 Å². The first-order valence-corrected chi connectivity index (χ1v) is 7.11. The monoisotopic (exact) mass is 383 g/mol. The second kappa shape index (κ2) is 6.09. The van der Waals surface area contributed by atoms with Gasteiger partial charge in [0.05, 0.1) is 20.9 Å². The van der Waals surface area contributed by atoms with E-state index in [0.717, 1.165) is 9.39 Å². The third-order valence-corrected chi connectivity index (χ3v) is 3.48. The van der Waals surface area contributed by atoms with E-state index in [2.05, 4.69) is 38.7 Å². The summed E-state index contributed by atoms with van der Waals surface area (Å²) in [4.78, 5) is 4.18. The predicted octanol–water partition coefficient (Wildman–Crippen LogP) is 2.50. The molecule has 104 valence electrons. The first-order chi connectivity index (χ1) is 9.52. The van der Waals surface area contributed by atoms with Crippen molar-refractivity contribution in [3.63, 3.8) is 0 Å². The summed E-state index contributed by atoms with van der Waals surface area (Å²) < 4.78 is 8.34. The molecule has 6 nitrogen and oxygen atoms in total. The fourth-order valence-corrected chi connectivity index (χ4v) is 2.58. The SMILES string of the molecule is CC(C)n1ncnc1COc1c(N)cc(C#N)cc1I. The molecule has 0 saturated carbocycles. The number of aromatic nitrogens is 3. The Morgan fingerprint density at radius 3 is 2.85 bits per heavy atom. The Balaban J connectivity index is 2.19. The summed E-state index contributed by atoms with van der Waals surface area (Å²) in [5.74, 6) is 1.31. The van der Waals surface area contributed by atoms with Crippen molar-refractivity contribution in [2.45, 2.75) is 26.5 Å². The molecule has 0 saturated heterocycles. The molecule has 7 heteroatoms. The Morgan fingerprint density at radius 1 is 1.50 bits per heavy atom. The molecule has 0 fully saturated rings. The van der Waals surface area contributed by atoms with Gasteiger partial charge >= 0.3 is 0 Å².